The summed E-state index contributed by atoms with van der Waals surface area (Å²) in [5.74, 6) is 1.84. The Bertz CT molecular complexity index is 566. The van der Waals surface area contributed by atoms with Crippen LogP contribution in [0.25, 0.3) is 10.8 Å². The van der Waals surface area contributed by atoms with Gasteiger partial charge in [-0.1, -0.05) is 25.5 Å². The lowest BCUT2D eigenvalue weighted by Gasteiger charge is -2.09. The smallest absolute Gasteiger partial charge is 0.119 e. The number of benzene rings is 2. The van der Waals surface area contributed by atoms with Crippen molar-refractivity contribution < 1.29 is 14.6 Å². The zero-order valence-corrected chi connectivity index (χ0v) is 13.4. The molecule has 0 saturated carbocycles. The fraction of sp³-hybridized carbons (Fsp3) is 0.474. The molecular weight excluding hydrogens is 276 g/mol. The Morgan fingerprint density at radius 3 is 1.95 bits per heavy atom. The average molecular weight is 302 g/mol. The van der Waals surface area contributed by atoms with Gasteiger partial charge in [-0.15, -0.1) is 0 Å². The molecule has 0 amide bonds. The summed E-state index contributed by atoms with van der Waals surface area (Å²) in [6.45, 7) is 3.88. The predicted molar refractivity (Wildman–Crippen MR) is 90.8 cm³/mol. The summed E-state index contributed by atoms with van der Waals surface area (Å²) in [5, 5.41) is 11.1. The van der Waals surface area contributed by atoms with Gasteiger partial charge in [0.1, 0.15) is 11.5 Å². The fourth-order valence-corrected chi connectivity index (χ4v) is 2.36. The molecule has 3 nitrogen and oxygen atoms in total. The van der Waals surface area contributed by atoms with Gasteiger partial charge in [0.15, 0.2) is 0 Å². The highest BCUT2D eigenvalue weighted by atomic mass is 16.5. The zero-order chi connectivity index (χ0) is 15.6. The van der Waals surface area contributed by atoms with Crippen LogP contribution in [0.4, 0.5) is 0 Å². The molecule has 2 rings (SSSR count). The van der Waals surface area contributed by atoms with E-state index in [1.165, 1.54) is 10.8 Å². The molecule has 0 aliphatic carbocycles. The SMILES string of the molecule is CCCOc1ccc2cc(OCCCCCCO)ccc2c1. The van der Waals surface area contributed by atoms with Gasteiger partial charge in [0.2, 0.25) is 0 Å². The maximum Gasteiger partial charge on any atom is 0.119 e. The summed E-state index contributed by atoms with van der Waals surface area (Å²) in [6.07, 6.45) is 5.10. The van der Waals surface area contributed by atoms with Crippen LogP contribution >= 0.6 is 0 Å². The van der Waals surface area contributed by atoms with E-state index >= 15 is 0 Å². The zero-order valence-electron chi connectivity index (χ0n) is 13.4. The van der Waals surface area contributed by atoms with Gasteiger partial charge in [0, 0.05) is 6.61 Å². The van der Waals surface area contributed by atoms with Crippen molar-refractivity contribution in [3.05, 3.63) is 36.4 Å². The molecule has 0 radical (unpaired) electrons. The maximum atomic E-state index is 8.73. The van der Waals surface area contributed by atoms with Crippen molar-refractivity contribution in [3.8, 4) is 11.5 Å². The molecule has 0 unspecified atom stereocenters. The Morgan fingerprint density at radius 2 is 1.36 bits per heavy atom. The van der Waals surface area contributed by atoms with Gasteiger partial charge >= 0.3 is 0 Å². The van der Waals surface area contributed by atoms with Crippen molar-refractivity contribution in [2.45, 2.75) is 39.0 Å². The van der Waals surface area contributed by atoms with Crippen LogP contribution in [0.3, 0.4) is 0 Å². The molecule has 120 valence electrons. The first kappa shape index (κ1) is 16.6. The first-order valence-corrected chi connectivity index (χ1v) is 8.24. The topological polar surface area (TPSA) is 38.7 Å². The monoisotopic (exact) mass is 302 g/mol. The van der Waals surface area contributed by atoms with E-state index in [4.69, 9.17) is 14.6 Å². The molecule has 0 aliphatic heterocycles. The highest BCUT2D eigenvalue weighted by Crippen LogP contribution is 2.25. The molecule has 0 bridgehead atoms. The Morgan fingerprint density at radius 1 is 0.773 bits per heavy atom. The van der Waals surface area contributed by atoms with Crippen molar-refractivity contribution in [1.29, 1.82) is 0 Å². The lowest BCUT2D eigenvalue weighted by atomic mass is 10.1. The van der Waals surface area contributed by atoms with E-state index in [9.17, 15) is 0 Å². The molecule has 0 saturated heterocycles. The fourth-order valence-electron chi connectivity index (χ4n) is 2.36. The van der Waals surface area contributed by atoms with Gasteiger partial charge < -0.3 is 14.6 Å². The number of aliphatic hydroxyl groups is 1. The average Bonchev–Trinajstić information content (AvgIpc) is 2.56. The minimum Gasteiger partial charge on any atom is -0.494 e. The van der Waals surface area contributed by atoms with Crippen LogP contribution in [0.2, 0.25) is 0 Å². The standard InChI is InChI=1S/C19H26O3/c1-2-12-21-18-9-7-17-15-19(10-8-16(17)14-18)22-13-6-4-3-5-11-20/h7-10,14-15,20H,2-6,11-13H2,1H3. The number of hydrogen-bond acceptors (Lipinski definition) is 3. The lowest BCUT2D eigenvalue weighted by Crippen LogP contribution is -1.98. The summed E-state index contributed by atoms with van der Waals surface area (Å²) in [7, 11) is 0. The second-order valence-electron chi connectivity index (χ2n) is 5.51. The molecule has 2 aromatic rings. The molecule has 3 heteroatoms. The number of unbranched alkanes of at least 4 members (excludes halogenated alkanes) is 3. The van der Waals surface area contributed by atoms with Crippen molar-refractivity contribution in [1.82, 2.24) is 0 Å². The molecule has 22 heavy (non-hydrogen) atoms. The summed E-state index contributed by atoms with van der Waals surface area (Å²) in [5.41, 5.74) is 0. The van der Waals surface area contributed by atoms with E-state index in [0.29, 0.717) is 0 Å². The predicted octanol–water partition coefficient (Wildman–Crippen LogP) is 4.56. The van der Waals surface area contributed by atoms with Gasteiger partial charge in [-0.3, -0.25) is 0 Å². The van der Waals surface area contributed by atoms with E-state index in [0.717, 1.165) is 56.8 Å². The van der Waals surface area contributed by atoms with Crippen molar-refractivity contribution in [2.75, 3.05) is 19.8 Å². The maximum absolute atomic E-state index is 8.73. The number of ether oxygens (including phenoxy) is 2. The lowest BCUT2D eigenvalue weighted by molar-refractivity contribution is 0.273. The number of hydrogen-bond donors (Lipinski definition) is 1. The van der Waals surface area contributed by atoms with Gasteiger partial charge in [-0.25, -0.2) is 0 Å². The third-order valence-corrected chi connectivity index (χ3v) is 3.58. The molecule has 0 atom stereocenters. The van der Waals surface area contributed by atoms with Crippen LogP contribution in [0.5, 0.6) is 11.5 Å². The van der Waals surface area contributed by atoms with Crippen molar-refractivity contribution in [3.63, 3.8) is 0 Å². The van der Waals surface area contributed by atoms with Crippen LogP contribution in [-0.2, 0) is 0 Å². The molecule has 1 N–H and O–H groups in total. The summed E-state index contributed by atoms with van der Waals surface area (Å²) >= 11 is 0. The molecule has 0 heterocycles. The molecule has 0 aromatic heterocycles. The van der Waals surface area contributed by atoms with Crippen LogP contribution in [-0.4, -0.2) is 24.9 Å². The van der Waals surface area contributed by atoms with E-state index in [1.807, 2.05) is 12.1 Å². The minimum absolute atomic E-state index is 0.287. The number of rotatable bonds is 10. The molecule has 2 aromatic carbocycles. The number of fused-ring (bicyclic) bond motifs is 1. The van der Waals surface area contributed by atoms with E-state index < -0.39 is 0 Å². The Hall–Kier alpha value is -1.74. The molecule has 0 spiro atoms. The Balaban J connectivity index is 1.87. The first-order chi connectivity index (χ1) is 10.8. The van der Waals surface area contributed by atoms with Gasteiger partial charge in [-0.05, 0) is 60.7 Å². The van der Waals surface area contributed by atoms with E-state index in [-0.39, 0.29) is 6.61 Å². The Kier molecular flexibility index (Phi) is 7.04. The van der Waals surface area contributed by atoms with Crippen molar-refractivity contribution >= 4 is 10.8 Å². The van der Waals surface area contributed by atoms with Crippen LogP contribution in [0.1, 0.15) is 39.0 Å². The van der Waals surface area contributed by atoms with Gasteiger partial charge in [0.25, 0.3) is 0 Å². The largest absolute Gasteiger partial charge is 0.494 e. The quantitative estimate of drug-likeness (QED) is 0.654. The van der Waals surface area contributed by atoms with Crippen molar-refractivity contribution in [2.24, 2.45) is 0 Å². The third kappa shape index (κ3) is 5.23. The highest BCUT2D eigenvalue weighted by molar-refractivity contribution is 5.85. The normalized spacial score (nSPS) is 10.8. The van der Waals surface area contributed by atoms with Crippen LogP contribution in [0.15, 0.2) is 36.4 Å². The summed E-state index contributed by atoms with van der Waals surface area (Å²) < 4.78 is 11.5. The highest BCUT2D eigenvalue weighted by Gasteiger charge is 2.00. The minimum atomic E-state index is 0.287. The molecule has 0 fully saturated rings. The Labute approximate surface area is 132 Å². The second kappa shape index (κ2) is 9.31. The van der Waals surface area contributed by atoms with E-state index in [2.05, 4.69) is 31.2 Å². The van der Waals surface area contributed by atoms with Gasteiger partial charge in [0.05, 0.1) is 13.2 Å². The van der Waals surface area contributed by atoms with Gasteiger partial charge in [-0.2, -0.15) is 0 Å². The van der Waals surface area contributed by atoms with E-state index in [1.54, 1.807) is 0 Å². The summed E-state index contributed by atoms with van der Waals surface area (Å²) in [4.78, 5) is 0. The third-order valence-electron chi connectivity index (χ3n) is 3.58. The first-order valence-electron chi connectivity index (χ1n) is 8.24. The van der Waals surface area contributed by atoms with Crippen LogP contribution in [0, 0.1) is 0 Å². The second-order valence-corrected chi connectivity index (χ2v) is 5.51. The molecular formula is C19H26O3. The number of aliphatic hydroxyl groups excluding tert-OH is 1. The van der Waals surface area contributed by atoms with Crippen LogP contribution < -0.4 is 9.47 Å². The molecule has 0 aliphatic rings. The summed E-state index contributed by atoms with van der Waals surface area (Å²) in [6, 6.07) is 12.3.